The minimum Gasteiger partial charge on any atom is -0.497 e. The van der Waals surface area contributed by atoms with Crippen molar-refractivity contribution in [3.05, 3.63) is 28.5 Å². The van der Waals surface area contributed by atoms with Gasteiger partial charge in [0.25, 0.3) is 0 Å². The highest BCUT2D eigenvalue weighted by atomic mass is 79.9. The molecule has 0 bridgehead atoms. The zero-order valence-electron chi connectivity index (χ0n) is 13.2. The van der Waals surface area contributed by atoms with Crippen LogP contribution in [0.5, 0.6) is 5.75 Å². The summed E-state index contributed by atoms with van der Waals surface area (Å²) in [5, 5.41) is 0. The lowest BCUT2D eigenvalue weighted by atomic mass is 10.1. The molecule has 0 aliphatic rings. The number of aryl methyl sites for hydroxylation is 1. The summed E-state index contributed by atoms with van der Waals surface area (Å²) in [5.74, 6) is 2.47. The highest BCUT2D eigenvalue weighted by Gasteiger charge is 2.24. The Morgan fingerprint density at radius 2 is 2.00 bits per heavy atom. The van der Waals surface area contributed by atoms with E-state index >= 15 is 0 Å². The molecular weight excluding hydrogens is 330 g/mol. The Hall–Kier alpha value is -1.49. The second-order valence-electron chi connectivity index (χ2n) is 5.97. The minimum atomic E-state index is -0.105. The zero-order chi connectivity index (χ0) is 15.8. The molecule has 2 N–H and O–H groups in total. The SMILES string of the molecule is CCc1nc(-c2cc(OC)ccc2Br)c(N)n1C(C)(C)C. The van der Waals surface area contributed by atoms with Gasteiger partial charge in [-0.25, -0.2) is 4.98 Å². The molecule has 1 aromatic heterocycles. The van der Waals surface area contributed by atoms with Gasteiger partial charge in [0.05, 0.1) is 7.11 Å². The molecule has 0 unspecified atom stereocenters. The van der Waals surface area contributed by atoms with E-state index in [1.807, 2.05) is 18.2 Å². The summed E-state index contributed by atoms with van der Waals surface area (Å²) in [5.41, 5.74) is 8.04. The van der Waals surface area contributed by atoms with Gasteiger partial charge in [-0.15, -0.1) is 0 Å². The third-order valence-corrected chi connectivity index (χ3v) is 4.09. The van der Waals surface area contributed by atoms with E-state index in [1.54, 1.807) is 7.11 Å². The third kappa shape index (κ3) is 2.93. The van der Waals surface area contributed by atoms with Crippen LogP contribution in [-0.2, 0) is 12.0 Å². The Balaban J connectivity index is 2.68. The van der Waals surface area contributed by atoms with Crippen LogP contribution < -0.4 is 10.5 Å². The van der Waals surface area contributed by atoms with E-state index in [-0.39, 0.29) is 5.54 Å². The van der Waals surface area contributed by atoms with Crippen LogP contribution in [0.25, 0.3) is 11.3 Å². The van der Waals surface area contributed by atoms with Gasteiger partial charge in [-0.05, 0) is 39.0 Å². The molecule has 0 radical (unpaired) electrons. The summed E-state index contributed by atoms with van der Waals surface area (Å²) in [6.07, 6.45) is 0.836. The molecule has 0 saturated carbocycles. The van der Waals surface area contributed by atoms with Gasteiger partial charge in [0.2, 0.25) is 0 Å². The number of hydrogen-bond donors (Lipinski definition) is 1. The van der Waals surface area contributed by atoms with Crippen LogP contribution in [0.3, 0.4) is 0 Å². The molecule has 5 heteroatoms. The Morgan fingerprint density at radius 1 is 1.33 bits per heavy atom. The van der Waals surface area contributed by atoms with E-state index in [4.69, 9.17) is 15.5 Å². The molecule has 0 aliphatic carbocycles. The highest BCUT2D eigenvalue weighted by Crippen LogP contribution is 2.37. The normalized spacial score (nSPS) is 11.7. The first-order valence-electron chi connectivity index (χ1n) is 7.01. The number of nitrogens with zero attached hydrogens (tertiary/aromatic N) is 2. The standard InChI is InChI=1S/C16H22BrN3O/c1-6-13-19-14(15(18)20(13)16(2,3)4)11-9-10(21-5)7-8-12(11)17/h7-9H,6,18H2,1-5H3. The van der Waals surface area contributed by atoms with Gasteiger partial charge in [0, 0.05) is 22.0 Å². The van der Waals surface area contributed by atoms with Gasteiger partial charge in [-0.1, -0.05) is 22.9 Å². The van der Waals surface area contributed by atoms with Crippen molar-refractivity contribution < 1.29 is 4.74 Å². The number of benzene rings is 1. The lowest BCUT2D eigenvalue weighted by Crippen LogP contribution is -2.25. The van der Waals surface area contributed by atoms with Crippen LogP contribution in [0.1, 0.15) is 33.5 Å². The average molecular weight is 352 g/mol. The van der Waals surface area contributed by atoms with Gasteiger partial charge in [-0.3, -0.25) is 0 Å². The van der Waals surface area contributed by atoms with Crippen LogP contribution in [0.15, 0.2) is 22.7 Å². The van der Waals surface area contributed by atoms with Gasteiger partial charge in [0.1, 0.15) is 23.1 Å². The van der Waals surface area contributed by atoms with Gasteiger partial charge in [0.15, 0.2) is 0 Å². The van der Waals surface area contributed by atoms with Crippen molar-refractivity contribution in [1.82, 2.24) is 9.55 Å². The number of anilines is 1. The molecule has 4 nitrogen and oxygen atoms in total. The van der Waals surface area contributed by atoms with Crippen molar-refractivity contribution in [2.24, 2.45) is 0 Å². The smallest absolute Gasteiger partial charge is 0.132 e. The quantitative estimate of drug-likeness (QED) is 0.900. The van der Waals surface area contributed by atoms with Crippen molar-refractivity contribution in [1.29, 1.82) is 0 Å². The number of methoxy groups -OCH3 is 1. The second-order valence-corrected chi connectivity index (χ2v) is 6.82. The topological polar surface area (TPSA) is 53.1 Å². The largest absolute Gasteiger partial charge is 0.497 e. The maximum absolute atomic E-state index is 6.40. The Labute approximate surface area is 134 Å². The molecular formula is C16H22BrN3O. The number of aromatic nitrogens is 2. The van der Waals surface area contributed by atoms with Crippen LogP contribution in [0.2, 0.25) is 0 Å². The first-order valence-corrected chi connectivity index (χ1v) is 7.80. The number of rotatable bonds is 3. The van der Waals surface area contributed by atoms with Gasteiger partial charge in [-0.2, -0.15) is 0 Å². The summed E-state index contributed by atoms with van der Waals surface area (Å²) >= 11 is 3.58. The van der Waals surface area contributed by atoms with Crippen molar-refractivity contribution in [2.45, 2.75) is 39.7 Å². The average Bonchev–Trinajstić information content (AvgIpc) is 2.76. The molecule has 0 aliphatic heterocycles. The zero-order valence-corrected chi connectivity index (χ0v) is 14.8. The summed E-state index contributed by atoms with van der Waals surface area (Å²) < 4.78 is 8.37. The molecule has 0 saturated heterocycles. The second kappa shape index (κ2) is 5.72. The molecule has 0 spiro atoms. The fourth-order valence-corrected chi connectivity index (χ4v) is 2.91. The maximum Gasteiger partial charge on any atom is 0.132 e. The number of hydrogen-bond acceptors (Lipinski definition) is 3. The number of imidazole rings is 1. The van der Waals surface area contributed by atoms with Crippen LogP contribution >= 0.6 is 15.9 Å². The number of ether oxygens (including phenoxy) is 1. The lowest BCUT2D eigenvalue weighted by molar-refractivity contribution is 0.389. The summed E-state index contributed by atoms with van der Waals surface area (Å²) in [4.78, 5) is 4.75. The van der Waals surface area contributed by atoms with Gasteiger partial charge >= 0.3 is 0 Å². The first kappa shape index (κ1) is 15.9. The molecule has 21 heavy (non-hydrogen) atoms. The van der Waals surface area contributed by atoms with E-state index in [0.717, 1.165) is 33.7 Å². The molecule has 2 rings (SSSR count). The van der Waals surface area contributed by atoms with Crippen molar-refractivity contribution in [3.8, 4) is 17.0 Å². The molecule has 0 atom stereocenters. The van der Waals surface area contributed by atoms with Crippen molar-refractivity contribution in [3.63, 3.8) is 0 Å². The summed E-state index contributed by atoms with van der Waals surface area (Å²) in [7, 11) is 1.65. The minimum absolute atomic E-state index is 0.105. The monoisotopic (exact) mass is 351 g/mol. The number of nitrogens with two attached hydrogens (primary N) is 1. The molecule has 114 valence electrons. The van der Waals surface area contributed by atoms with E-state index in [9.17, 15) is 0 Å². The third-order valence-electron chi connectivity index (χ3n) is 3.40. The van der Waals surface area contributed by atoms with Crippen LogP contribution in [0.4, 0.5) is 5.82 Å². The molecule has 2 aromatic rings. The van der Waals surface area contributed by atoms with Gasteiger partial charge < -0.3 is 15.0 Å². The Bertz CT molecular complexity index is 656. The lowest BCUT2D eigenvalue weighted by Gasteiger charge is -2.24. The summed E-state index contributed by atoms with van der Waals surface area (Å²) in [6.45, 7) is 8.49. The van der Waals surface area contributed by atoms with E-state index in [1.165, 1.54) is 0 Å². The molecule has 1 heterocycles. The fraction of sp³-hybridized carbons (Fsp3) is 0.438. The summed E-state index contributed by atoms with van der Waals surface area (Å²) in [6, 6.07) is 5.82. The Morgan fingerprint density at radius 3 is 2.48 bits per heavy atom. The molecule has 0 fully saturated rings. The Kier molecular flexibility index (Phi) is 4.33. The predicted molar refractivity (Wildman–Crippen MR) is 90.7 cm³/mol. The first-order chi connectivity index (χ1) is 9.79. The van der Waals surface area contributed by atoms with Crippen LogP contribution in [-0.4, -0.2) is 16.7 Å². The van der Waals surface area contributed by atoms with Crippen molar-refractivity contribution in [2.75, 3.05) is 12.8 Å². The van der Waals surface area contributed by atoms with Crippen molar-refractivity contribution >= 4 is 21.7 Å². The fourth-order valence-electron chi connectivity index (χ4n) is 2.48. The highest BCUT2D eigenvalue weighted by molar-refractivity contribution is 9.10. The maximum atomic E-state index is 6.40. The van der Waals surface area contributed by atoms with E-state index in [2.05, 4.69) is 48.2 Å². The van der Waals surface area contributed by atoms with E-state index < -0.39 is 0 Å². The van der Waals surface area contributed by atoms with E-state index in [0.29, 0.717) is 5.82 Å². The molecule has 1 aromatic carbocycles. The molecule has 0 amide bonds. The number of nitrogen functional groups attached to an aromatic ring is 1. The predicted octanol–water partition coefficient (Wildman–Crippen LogP) is 4.22. The van der Waals surface area contributed by atoms with Crippen LogP contribution in [0, 0.1) is 0 Å². The number of halogens is 1.